The van der Waals surface area contributed by atoms with Crippen molar-refractivity contribution in [2.24, 2.45) is 0 Å². The van der Waals surface area contributed by atoms with Gasteiger partial charge in [0.1, 0.15) is 11.9 Å². The van der Waals surface area contributed by atoms with E-state index in [9.17, 15) is 0 Å². The Morgan fingerprint density at radius 2 is 2.17 bits per heavy atom. The Bertz CT molecular complexity index is 611. The van der Waals surface area contributed by atoms with Gasteiger partial charge < -0.3 is 14.2 Å². The minimum absolute atomic E-state index is 0.0335. The lowest BCUT2D eigenvalue weighted by Gasteiger charge is -2.22. The van der Waals surface area contributed by atoms with Gasteiger partial charge in [0, 0.05) is 24.4 Å². The van der Waals surface area contributed by atoms with Crippen LogP contribution in [0.1, 0.15) is 43.2 Å². The molecule has 1 fully saturated rings. The summed E-state index contributed by atoms with van der Waals surface area (Å²) in [5.74, 6) is 1.09. The van der Waals surface area contributed by atoms with Crippen molar-refractivity contribution in [3.63, 3.8) is 0 Å². The van der Waals surface area contributed by atoms with Gasteiger partial charge in [0.05, 0.1) is 0 Å². The minimum Gasteiger partial charge on any atom is -0.481 e. The van der Waals surface area contributed by atoms with Crippen LogP contribution in [-0.4, -0.2) is 25.6 Å². The molecule has 23 heavy (non-hydrogen) atoms. The predicted molar refractivity (Wildman–Crippen MR) is 90.5 cm³/mol. The summed E-state index contributed by atoms with van der Waals surface area (Å²) in [4.78, 5) is 0. The van der Waals surface area contributed by atoms with Crippen LogP contribution in [0.3, 0.4) is 0 Å². The number of rotatable bonds is 6. The molecule has 122 valence electrons. The van der Waals surface area contributed by atoms with Crippen LogP contribution in [0.5, 0.6) is 5.75 Å². The number of hydrogen-bond donors (Lipinski definition) is 0. The molecule has 0 N–H and O–H groups in total. The van der Waals surface area contributed by atoms with E-state index in [1.165, 1.54) is 29.5 Å². The van der Waals surface area contributed by atoms with E-state index in [2.05, 4.69) is 36.4 Å². The first-order chi connectivity index (χ1) is 11.4. The standard InChI is InChI=1S/C20H24O3/c1(3-13-21-19-12-2-4-14-22-19)7-15-8-5-10-17-16-9-6-11-18(16)23-20(15)17/h5-6,8-11,18-19H,1-4,7,12-14H2. The monoisotopic (exact) mass is 312 g/mol. The highest BCUT2D eigenvalue weighted by Crippen LogP contribution is 2.42. The van der Waals surface area contributed by atoms with E-state index in [0.717, 1.165) is 44.6 Å². The van der Waals surface area contributed by atoms with Crippen molar-refractivity contribution in [2.75, 3.05) is 13.2 Å². The van der Waals surface area contributed by atoms with Gasteiger partial charge in [-0.15, -0.1) is 0 Å². The molecule has 0 bridgehead atoms. The summed E-state index contributed by atoms with van der Waals surface area (Å²) in [7, 11) is 0. The topological polar surface area (TPSA) is 27.7 Å². The second-order valence-electron chi connectivity index (χ2n) is 6.46. The molecule has 4 rings (SSSR count). The molecule has 3 nitrogen and oxygen atoms in total. The van der Waals surface area contributed by atoms with Gasteiger partial charge in [-0.05, 0) is 50.2 Å². The molecular formula is C20H24O3. The Hall–Kier alpha value is -1.58. The van der Waals surface area contributed by atoms with Gasteiger partial charge in [-0.2, -0.15) is 0 Å². The molecule has 1 aromatic rings. The summed E-state index contributed by atoms with van der Waals surface area (Å²) in [5, 5.41) is 0. The third kappa shape index (κ3) is 3.22. The Kier molecular flexibility index (Phi) is 4.49. The summed E-state index contributed by atoms with van der Waals surface area (Å²) in [6.45, 7) is 1.64. The molecular weight excluding hydrogens is 288 g/mol. The van der Waals surface area contributed by atoms with Crippen LogP contribution in [0.15, 0.2) is 36.4 Å². The molecule has 2 atom stereocenters. The molecule has 0 aromatic heterocycles. The first-order valence-electron chi connectivity index (χ1n) is 8.82. The third-order valence-electron chi connectivity index (χ3n) is 4.80. The SMILES string of the molecule is C1=CC2Oc3c(CCCCOC4CCCCO4)cccc3C2=C1. The van der Waals surface area contributed by atoms with E-state index < -0.39 is 0 Å². The van der Waals surface area contributed by atoms with Crippen molar-refractivity contribution in [3.05, 3.63) is 47.6 Å². The maximum absolute atomic E-state index is 6.11. The number of allylic oxidation sites excluding steroid dienone is 2. The largest absolute Gasteiger partial charge is 0.481 e. The van der Waals surface area contributed by atoms with Crippen LogP contribution in [0, 0.1) is 0 Å². The number of hydrogen-bond acceptors (Lipinski definition) is 3. The minimum atomic E-state index is 0.0335. The number of aryl methyl sites for hydroxylation is 1. The van der Waals surface area contributed by atoms with Gasteiger partial charge in [0.25, 0.3) is 0 Å². The molecule has 2 aliphatic heterocycles. The fourth-order valence-electron chi connectivity index (χ4n) is 3.55. The Labute approximate surface area is 137 Å². The summed E-state index contributed by atoms with van der Waals surface area (Å²) < 4.78 is 17.5. The molecule has 3 heteroatoms. The van der Waals surface area contributed by atoms with Crippen LogP contribution < -0.4 is 4.74 Å². The molecule has 1 aromatic carbocycles. The fraction of sp³-hybridized carbons (Fsp3) is 0.500. The zero-order valence-corrected chi connectivity index (χ0v) is 13.5. The Morgan fingerprint density at radius 3 is 3.09 bits per heavy atom. The van der Waals surface area contributed by atoms with Crippen molar-refractivity contribution in [1.82, 2.24) is 0 Å². The maximum atomic E-state index is 6.11. The summed E-state index contributed by atoms with van der Waals surface area (Å²) in [5.41, 5.74) is 3.89. The summed E-state index contributed by atoms with van der Waals surface area (Å²) in [6.07, 6.45) is 13.2. The lowest BCUT2D eigenvalue weighted by Crippen LogP contribution is -2.22. The lowest BCUT2D eigenvalue weighted by atomic mass is 10.00. The van der Waals surface area contributed by atoms with E-state index in [1.807, 2.05) is 0 Å². The molecule has 0 saturated carbocycles. The quantitative estimate of drug-likeness (QED) is 0.734. The van der Waals surface area contributed by atoms with Gasteiger partial charge >= 0.3 is 0 Å². The van der Waals surface area contributed by atoms with Crippen molar-refractivity contribution < 1.29 is 14.2 Å². The van der Waals surface area contributed by atoms with Gasteiger partial charge in [-0.3, -0.25) is 0 Å². The van der Waals surface area contributed by atoms with Crippen molar-refractivity contribution >= 4 is 5.57 Å². The van der Waals surface area contributed by atoms with Gasteiger partial charge in [0.2, 0.25) is 0 Å². The van der Waals surface area contributed by atoms with E-state index in [1.54, 1.807) is 0 Å². The van der Waals surface area contributed by atoms with Crippen LogP contribution in [0.25, 0.3) is 5.57 Å². The number of para-hydroxylation sites is 1. The van der Waals surface area contributed by atoms with Gasteiger partial charge in [-0.25, -0.2) is 0 Å². The number of unbranched alkanes of at least 4 members (excludes halogenated alkanes) is 1. The van der Waals surface area contributed by atoms with Crippen molar-refractivity contribution in [1.29, 1.82) is 0 Å². The van der Waals surface area contributed by atoms with E-state index in [0.29, 0.717) is 0 Å². The molecule has 1 aliphatic carbocycles. The number of ether oxygens (including phenoxy) is 3. The normalized spacial score (nSPS) is 25.0. The van der Waals surface area contributed by atoms with Crippen LogP contribution in [-0.2, 0) is 15.9 Å². The van der Waals surface area contributed by atoms with E-state index in [4.69, 9.17) is 14.2 Å². The highest BCUT2D eigenvalue weighted by molar-refractivity contribution is 5.82. The smallest absolute Gasteiger partial charge is 0.157 e. The van der Waals surface area contributed by atoms with Gasteiger partial charge in [0.15, 0.2) is 6.29 Å². The second-order valence-corrected chi connectivity index (χ2v) is 6.46. The third-order valence-corrected chi connectivity index (χ3v) is 4.80. The Morgan fingerprint density at radius 1 is 1.17 bits per heavy atom. The second kappa shape index (κ2) is 6.90. The average molecular weight is 312 g/mol. The molecule has 1 saturated heterocycles. The molecule has 2 unspecified atom stereocenters. The zero-order valence-electron chi connectivity index (χ0n) is 13.5. The average Bonchev–Trinajstić information content (AvgIpc) is 3.17. The lowest BCUT2D eigenvalue weighted by molar-refractivity contribution is -0.162. The maximum Gasteiger partial charge on any atom is 0.157 e. The van der Waals surface area contributed by atoms with Crippen LogP contribution in [0.2, 0.25) is 0 Å². The molecule has 0 spiro atoms. The van der Waals surface area contributed by atoms with Crippen molar-refractivity contribution in [3.8, 4) is 5.75 Å². The highest BCUT2D eigenvalue weighted by atomic mass is 16.7. The highest BCUT2D eigenvalue weighted by Gasteiger charge is 2.29. The predicted octanol–water partition coefficient (Wildman–Crippen LogP) is 4.27. The first kappa shape index (κ1) is 15.0. The number of fused-ring (bicyclic) bond motifs is 3. The van der Waals surface area contributed by atoms with Crippen LogP contribution in [0.4, 0.5) is 0 Å². The first-order valence-corrected chi connectivity index (χ1v) is 8.82. The number of benzene rings is 1. The van der Waals surface area contributed by atoms with E-state index >= 15 is 0 Å². The summed E-state index contributed by atoms with van der Waals surface area (Å²) in [6, 6.07) is 6.50. The fourth-order valence-corrected chi connectivity index (χ4v) is 3.55. The van der Waals surface area contributed by atoms with Gasteiger partial charge in [-0.1, -0.05) is 30.4 Å². The Balaban J connectivity index is 1.27. The molecule has 2 heterocycles. The van der Waals surface area contributed by atoms with E-state index in [-0.39, 0.29) is 12.4 Å². The molecule has 0 radical (unpaired) electrons. The van der Waals surface area contributed by atoms with Crippen LogP contribution >= 0.6 is 0 Å². The summed E-state index contributed by atoms with van der Waals surface area (Å²) >= 11 is 0. The zero-order chi connectivity index (χ0) is 15.5. The molecule has 0 amide bonds. The molecule has 3 aliphatic rings. The van der Waals surface area contributed by atoms with Crippen molar-refractivity contribution in [2.45, 2.75) is 50.9 Å².